The molecule has 0 aliphatic heterocycles. The van der Waals surface area contributed by atoms with Crippen molar-refractivity contribution in [1.82, 2.24) is 19.7 Å². The number of anilines is 1. The number of hydrogen-bond acceptors (Lipinski definition) is 6. The molecule has 3 aromatic heterocycles. The maximum atomic E-state index is 12.4. The number of carbonyl (C=O) groups excluding carboxylic acids is 1. The fourth-order valence-corrected chi connectivity index (χ4v) is 3.75. The molecule has 0 fully saturated rings. The van der Waals surface area contributed by atoms with E-state index in [1.165, 1.54) is 23.1 Å². The molecule has 0 radical (unpaired) electrons. The third-order valence-electron chi connectivity index (χ3n) is 3.15. The number of nitrogens with zero attached hydrogens (tertiary/aromatic N) is 3. The molecule has 3 aromatic rings. The third-order valence-corrected chi connectivity index (χ3v) is 5.02. The van der Waals surface area contributed by atoms with Crippen LogP contribution in [0.1, 0.15) is 12.6 Å². The van der Waals surface area contributed by atoms with Crippen LogP contribution in [-0.4, -0.2) is 31.4 Å². The van der Waals surface area contributed by atoms with Gasteiger partial charge < -0.3 is 5.32 Å². The van der Waals surface area contributed by atoms with Crippen LogP contribution in [0.15, 0.2) is 27.5 Å². The first-order valence-corrected chi connectivity index (χ1v) is 8.87. The number of nitrogens with one attached hydrogen (secondary N) is 2. The van der Waals surface area contributed by atoms with Crippen LogP contribution in [0, 0.1) is 6.92 Å². The Morgan fingerprint density at radius 2 is 2.35 bits per heavy atom. The number of hydrogen-bond donors (Lipinski definition) is 2. The summed E-state index contributed by atoms with van der Waals surface area (Å²) in [7, 11) is 0. The molecule has 3 heterocycles. The zero-order valence-electron chi connectivity index (χ0n) is 12.6. The molecule has 1 amide bonds. The summed E-state index contributed by atoms with van der Waals surface area (Å²) in [5.41, 5.74) is 1.49. The molecule has 23 heavy (non-hydrogen) atoms. The van der Waals surface area contributed by atoms with E-state index in [9.17, 15) is 9.59 Å². The Bertz CT molecular complexity index is 911. The fourth-order valence-electron chi connectivity index (χ4n) is 2.10. The molecule has 0 spiro atoms. The second-order valence-electron chi connectivity index (χ2n) is 4.85. The number of rotatable bonds is 5. The van der Waals surface area contributed by atoms with Crippen molar-refractivity contribution in [2.24, 2.45) is 0 Å². The molecule has 9 heteroatoms. The van der Waals surface area contributed by atoms with E-state index in [0.717, 1.165) is 5.69 Å². The Labute approximate surface area is 140 Å². The van der Waals surface area contributed by atoms with Crippen molar-refractivity contribution in [3.8, 4) is 0 Å². The molecule has 120 valence electrons. The van der Waals surface area contributed by atoms with Crippen molar-refractivity contribution < 1.29 is 4.79 Å². The van der Waals surface area contributed by atoms with Crippen LogP contribution in [0.2, 0.25) is 0 Å². The van der Waals surface area contributed by atoms with Gasteiger partial charge in [-0.1, -0.05) is 11.8 Å². The van der Waals surface area contributed by atoms with Crippen LogP contribution in [0.5, 0.6) is 0 Å². The van der Waals surface area contributed by atoms with Gasteiger partial charge in [0.25, 0.3) is 5.56 Å². The van der Waals surface area contributed by atoms with E-state index in [1.54, 1.807) is 10.6 Å². The van der Waals surface area contributed by atoms with E-state index >= 15 is 0 Å². The summed E-state index contributed by atoms with van der Waals surface area (Å²) in [4.78, 5) is 28.9. The Morgan fingerprint density at radius 3 is 3.04 bits per heavy atom. The van der Waals surface area contributed by atoms with Crippen molar-refractivity contribution in [2.75, 3.05) is 11.1 Å². The summed E-state index contributed by atoms with van der Waals surface area (Å²) in [5.74, 6) is 0.458. The van der Waals surface area contributed by atoms with Gasteiger partial charge in [0, 0.05) is 18.3 Å². The van der Waals surface area contributed by atoms with Gasteiger partial charge in [-0.15, -0.1) is 11.3 Å². The van der Waals surface area contributed by atoms with Crippen LogP contribution in [-0.2, 0) is 11.3 Å². The lowest BCUT2D eigenvalue weighted by atomic mass is 10.4. The van der Waals surface area contributed by atoms with Crippen molar-refractivity contribution >= 4 is 45.0 Å². The number of fused-ring (bicyclic) bond motifs is 1. The Balaban J connectivity index is 1.76. The molecule has 0 aromatic carbocycles. The summed E-state index contributed by atoms with van der Waals surface area (Å²) >= 11 is 2.63. The largest absolute Gasteiger partial charge is 0.308 e. The molecule has 0 atom stereocenters. The van der Waals surface area contributed by atoms with E-state index in [2.05, 4.69) is 20.5 Å². The molecule has 0 aliphatic rings. The number of aryl methyl sites for hydroxylation is 1. The lowest BCUT2D eigenvalue weighted by Crippen LogP contribution is -2.22. The van der Waals surface area contributed by atoms with Crippen LogP contribution >= 0.6 is 23.1 Å². The summed E-state index contributed by atoms with van der Waals surface area (Å²) in [5, 5.41) is 11.8. The first-order chi connectivity index (χ1) is 11.1. The van der Waals surface area contributed by atoms with Gasteiger partial charge in [-0.25, -0.2) is 4.98 Å². The van der Waals surface area contributed by atoms with Gasteiger partial charge in [0.1, 0.15) is 4.70 Å². The second-order valence-corrected chi connectivity index (χ2v) is 6.71. The van der Waals surface area contributed by atoms with E-state index < -0.39 is 0 Å². The molecular weight excluding hydrogens is 334 g/mol. The van der Waals surface area contributed by atoms with Crippen molar-refractivity contribution in [2.45, 2.75) is 25.5 Å². The highest BCUT2D eigenvalue weighted by molar-refractivity contribution is 7.99. The predicted octanol–water partition coefficient (Wildman–Crippen LogP) is 2.24. The molecule has 7 nitrogen and oxygen atoms in total. The van der Waals surface area contributed by atoms with Crippen LogP contribution in [0.3, 0.4) is 0 Å². The van der Waals surface area contributed by atoms with Gasteiger partial charge in [-0.3, -0.25) is 19.3 Å². The summed E-state index contributed by atoms with van der Waals surface area (Å²) in [6.45, 7) is 4.26. The van der Waals surface area contributed by atoms with Crippen LogP contribution in [0.25, 0.3) is 10.2 Å². The minimum atomic E-state index is -0.191. The second kappa shape index (κ2) is 6.55. The Morgan fingerprint density at radius 1 is 1.52 bits per heavy atom. The summed E-state index contributed by atoms with van der Waals surface area (Å²) in [6, 6.07) is 3.57. The lowest BCUT2D eigenvalue weighted by molar-refractivity contribution is -0.113. The molecule has 0 saturated carbocycles. The average Bonchev–Trinajstić information content (AvgIpc) is 3.14. The number of aromatic amines is 1. The number of aromatic nitrogens is 4. The Hall–Kier alpha value is -2.13. The highest BCUT2D eigenvalue weighted by Gasteiger charge is 2.13. The maximum Gasteiger partial charge on any atom is 0.272 e. The minimum absolute atomic E-state index is 0.0571. The number of thiophene rings is 1. The number of thioether (sulfide) groups is 1. The van der Waals surface area contributed by atoms with Gasteiger partial charge in [0.2, 0.25) is 5.91 Å². The first-order valence-electron chi connectivity index (χ1n) is 7.01. The molecule has 0 unspecified atom stereocenters. The van der Waals surface area contributed by atoms with Gasteiger partial charge >= 0.3 is 0 Å². The van der Waals surface area contributed by atoms with E-state index in [4.69, 9.17) is 0 Å². The highest BCUT2D eigenvalue weighted by atomic mass is 32.2. The van der Waals surface area contributed by atoms with Crippen molar-refractivity contribution in [3.05, 3.63) is 33.6 Å². The minimum Gasteiger partial charge on any atom is -0.308 e. The summed E-state index contributed by atoms with van der Waals surface area (Å²) in [6.07, 6.45) is 0. The van der Waals surface area contributed by atoms with Crippen LogP contribution in [0.4, 0.5) is 5.82 Å². The Kier molecular flexibility index (Phi) is 4.49. The van der Waals surface area contributed by atoms with Gasteiger partial charge in [-0.05, 0) is 25.3 Å². The molecule has 2 N–H and O–H groups in total. The monoisotopic (exact) mass is 349 g/mol. The molecule has 0 saturated heterocycles. The van der Waals surface area contributed by atoms with Gasteiger partial charge in [0.05, 0.1) is 11.3 Å². The average molecular weight is 349 g/mol. The zero-order chi connectivity index (χ0) is 16.4. The van der Waals surface area contributed by atoms with E-state index in [0.29, 0.717) is 27.7 Å². The van der Waals surface area contributed by atoms with E-state index in [-0.39, 0.29) is 17.2 Å². The van der Waals surface area contributed by atoms with Crippen molar-refractivity contribution in [1.29, 1.82) is 0 Å². The van der Waals surface area contributed by atoms with Gasteiger partial charge in [0.15, 0.2) is 11.0 Å². The number of amides is 1. The zero-order valence-corrected chi connectivity index (χ0v) is 14.3. The topological polar surface area (TPSA) is 92.7 Å². The standard InChI is InChI=1S/C14H15N5O2S2/c1-3-19-13(21)12-9(4-5-22-12)15-14(19)23-7-11(20)16-10-6-8(2)17-18-10/h4-6H,3,7H2,1-2H3,(H2,16,17,18,20). The normalized spacial score (nSPS) is 11.0. The highest BCUT2D eigenvalue weighted by Crippen LogP contribution is 2.21. The maximum absolute atomic E-state index is 12.4. The van der Waals surface area contributed by atoms with Crippen molar-refractivity contribution in [3.63, 3.8) is 0 Å². The summed E-state index contributed by atoms with van der Waals surface area (Å²) < 4.78 is 2.24. The van der Waals surface area contributed by atoms with Gasteiger partial charge in [-0.2, -0.15) is 5.10 Å². The molecule has 0 aliphatic carbocycles. The van der Waals surface area contributed by atoms with E-state index in [1.807, 2.05) is 25.3 Å². The molecule has 0 bridgehead atoms. The first kappa shape index (κ1) is 15.8. The SMILES string of the molecule is CCn1c(SCC(=O)Nc2cc(C)[nH]n2)nc2ccsc2c1=O. The smallest absolute Gasteiger partial charge is 0.272 e. The van der Waals surface area contributed by atoms with Crippen LogP contribution < -0.4 is 10.9 Å². The third kappa shape index (κ3) is 3.30. The lowest BCUT2D eigenvalue weighted by Gasteiger charge is -2.09. The number of H-pyrrole nitrogens is 1. The molecule has 3 rings (SSSR count). The quantitative estimate of drug-likeness (QED) is 0.544. The fraction of sp³-hybridized carbons (Fsp3) is 0.286. The molecular formula is C14H15N5O2S2. The predicted molar refractivity (Wildman–Crippen MR) is 92.2 cm³/mol. The number of carbonyl (C=O) groups is 1.